The van der Waals surface area contributed by atoms with Crippen LogP contribution < -0.4 is 5.32 Å². The number of rotatable bonds is 4. The van der Waals surface area contributed by atoms with Gasteiger partial charge >= 0.3 is 5.97 Å². The summed E-state index contributed by atoms with van der Waals surface area (Å²) in [5.74, 6) is -0.245. The molecular weight excluding hydrogens is 192 g/mol. The van der Waals surface area contributed by atoms with E-state index in [-0.39, 0.29) is 18.2 Å². The number of para-hydroxylation sites is 1. The van der Waals surface area contributed by atoms with Crippen molar-refractivity contribution in [3.05, 3.63) is 30.3 Å². The van der Waals surface area contributed by atoms with Gasteiger partial charge in [-0.1, -0.05) is 18.2 Å². The molecule has 0 saturated carbocycles. The maximum atomic E-state index is 11.0. The fourth-order valence-electron chi connectivity index (χ4n) is 1.10. The lowest BCUT2D eigenvalue weighted by Gasteiger charge is -2.06. The van der Waals surface area contributed by atoms with Gasteiger partial charge in [-0.05, 0) is 19.1 Å². The second kappa shape index (κ2) is 5.80. The van der Waals surface area contributed by atoms with E-state index in [0.29, 0.717) is 6.61 Å². The standard InChI is InChI=1S/C11H14N2O2/c1-2-15-11(14)8-10(12)13-9-6-4-3-5-7-9/h3-7H,2,8H2,1H3,(H2,12,13). The summed E-state index contributed by atoms with van der Waals surface area (Å²) in [6, 6.07) is 9.28. The first-order chi connectivity index (χ1) is 7.22. The highest BCUT2D eigenvalue weighted by atomic mass is 16.5. The number of amidine groups is 1. The van der Waals surface area contributed by atoms with Crippen LogP contribution in [0.3, 0.4) is 0 Å². The molecule has 2 N–H and O–H groups in total. The molecule has 0 aromatic heterocycles. The smallest absolute Gasteiger partial charge is 0.313 e. The van der Waals surface area contributed by atoms with Gasteiger partial charge in [-0.15, -0.1) is 0 Å². The molecule has 0 bridgehead atoms. The SMILES string of the molecule is CCOC(=O)CC(=N)Nc1ccccc1. The molecule has 1 rings (SSSR count). The summed E-state index contributed by atoms with van der Waals surface area (Å²) in [6.07, 6.45) is -0.0251. The first-order valence-corrected chi connectivity index (χ1v) is 4.77. The van der Waals surface area contributed by atoms with Crippen molar-refractivity contribution >= 4 is 17.5 Å². The van der Waals surface area contributed by atoms with Gasteiger partial charge in [0.1, 0.15) is 12.3 Å². The Kier molecular flexibility index (Phi) is 4.34. The van der Waals surface area contributed by atoms with Gasteiger partial charge in [-0.25, -0.2) is 0 Å². The number of benzene rings is 1. The zero-order chi connectivity index (χ0) is 11.1. The van der Waals surface area contributed by atoms with Crippen LogP contribution in [0, 0.1) is 5.41 Å². The highest BCUT2D eigenvalue weighted by molar-refractivity contribution is 6.03. The van der Waals surface area contributed by atoms with Gasteiger partial charge in [-0.2, -0.15) is 0 Å². The molecule has 1 aromatic rings. The number of carbonyl (C=O) groups is 1. The van der Waals surface area contributed by atoms with Gasteiger partial charge in [0.25, 0.3) is 0 Å². The molecule has 0 radical (unpaired) electrons. The first kappa shape index (κ1) is 11.2. The van der Waals surface area contributed by atoms with Crippen molar-refractivity contribution in [3.8, 4) is 0 Å². The summed E-state index contributed by atoms with van der Waals surface area (Å²) < 4.78 is 4.73. The highest BCUT2D eigenvalue weighted by Crippen LogP contribution is 2.05. The zero-order valence-electron chi connectivity index (χ0n) is 8.62. The average molecular weight is 206 g/mol. The van der Waals surface area contributed by atoms with Crippen LogP contribution in [0.4, 0.5) is 5.69 Å². The lowest BCUT2D eigenvalue weighted by molar-refractivity contribution is -0.141. The van der Waals surface area contributed by atoms with Crippen molar-refractivity contribution in [2.24, 2.45) is 0 Å². The summed E-state index contributed by atoms with van der Waals surface area (Å²) in [6.45, 7) is 2.09. The predicted molar refractivity (Wildman–Crippen MR) is 59.0 cm³/mol. The van der Waals surface area contributed by atoms with Crippen LogP contribution >= 0.6 is 0 Å². The first-order valence-electron chi connectivity index (χ1n) is 4.77. The molecule has 0 fully saturated rings. The third-order valence-electron chi connectivity index (χ3n) is 1.70. The number of hydrogen-bond acceptors (Lipinski definition) is 3. The molecular formula is C11H14N2O2. The number of nitrogens with one attached hydrogen (secondary N) is 2. The van der Waals surface area contributed by atoms with Crippen molar-refractivity contribution < 1.29 is 9.53 Å². The van der Waals surface area contributed by atoms with Gasteiger partial charge in [-0.3, -0.25) is 10.2 Å². The quantitative estimate of drug-likeness (QED) is 0.450. The number of ether oxygens (including phenoxy) is 1. The molecule has 15 heavy (non-hydrogen) atoms. The lowest BCUT2D eigenvalue weighted by atomic mass is 10.3. The van der Waals surface area contributed by atoms with Crippen molar-refractivity contribution in [3.63, 3.8) is 0 Å². The summed E-state index contributed by atoms with van der Waals surface area (Å²) in [7, 11) is 0. The monoisotopic (exact) mass is 206 g/mol. The van der Waals surface area contributed by atoms with Crippen LogP contribution in [0.2, 0.25) is 0 Å². The second-order valence-electron chi connectivity index (χ2n) is 2.95. The number of carbonyl (C=O) groups excluding carboxylic acids is 1. The van der Waals surface area contributed by atoms with Crippen LogP contribution in [-0.4, -0.2) is 18.4 Å². The normalized spacial score (nSPS) is 9.40. The van der Waals surface area contributed by atoms with E-state index in [9.17, 15) is 4.79 Å². The molecule has 0 unspecified atom stereocenters. The zero-order valence-corrected chi connectivity index (χ0v) is 8.62. The Hall–Kier alpha value is -1.84. The predicted octanol–water partition coefficient (Wildman–Crippen LogP) is 2.03. The number of esters is 1. The summed E-state index contributed by atoms with van der Waals surface area (Å²) in [4.78, 5) is 11.0. The minimum absolute atomic E-state index is 0.0251. The van der Waals surface area contributed by atoms with Crippen molar-refractivity contribution in [2.75, 3.05) is 11.9 Å². The minimum Gasteiger partial charge on any atom is -0.466 e. The van der Waals surface area contributed by atoms with Crippen molar-refractivity contribution in [1.82, 2.24) is 0 Å². The lowest BCUT2D eigenvalue weighted by Crippen LogP contribution is -2.17. The van der Waals surface area contributed by atoms with Gasteiger partial charge in [0.05, 0.1) is 6.61 Å². The third-order valence-corrected chi connectivity index (χ3v) is 1.70. The van der Waals surface area contributed by atoms with Crippen LogP contribution in [0.25, 0.3) is 0 Å². The minimum atomic E-state index is -0.383. The second-order valence-corrected chi connectivity index (χ2v) is 2.95. The number of hydrogen-bond donors (Lipinski definition) is 2. The van der Waals surface area contributed by atoms with Gasteiger partial charge in [0.2, 0.25) is 0 Å². The Balaban J connectivity index is 2.40. The summed E-state index contributed by atoms with van der Waals surface area (Å²) in [5.41, 5.74) is 0.798. The molecule has 1 aromatic carbocycles. The Morgan fingerprint density at radius 2 is 2.07 bits per heavy atom. The molecule has 0 aliphatic carbocycles. The van der Waals surface area contributed by atoms with E-state index < -0.39 is 0 Å². The van der Waals surface area contributed by atoms with E-state index in [1.807, 2.05) is 30.3 Å². The van der Waals surface area contributed by atoms with Crippen molar-refractivity contribution in [2.45, 2.75) is 13.3 Å². The Labute approximate surface area is 88.8 Å². The topological polar surface area (TPSA) is 62.2 Å². The van der Waals surface area contributed by atoms with E-state index in [1.54, 1.807) is 6.92 Å². The Morgan fingerprint density at radius 1 is 1.40 bits per heavy atom. The fourth-order valence-corrected chi connectivity index (χ4v) is 1.10. The molecule has 0 saturated heterocycles. The van der Waals surface area contributed by atoms with E-state index in [2.05, 4.69) is 5.32 Å². The molecule has 0 atom stereocenters. The van der Waals surface area contributed by atoms with E-state index in [1.165, 1.54) is 0 Å². The molecule has 0 aliphatic heterocycles. The average Bonchev–Trinajstić information content (AvgIpc) is 2.19. The van der Waals surface area contributed by atoms with Gasteiger partial charge in [0.15, 0.2) is 0 Å². The largest absolute Gasteiger partial charge is 0.466 e. The molecule has 0 heterocycles. The molecule has 4 nitrogen and oxygen atoms in total. The van der Waals surface area contributed by atoms with E-state index in [0.717, 1.165) is 5.69 Å². The number of anilines is 1. The Bertz CT molecular complexity index is 336. The molecule has 0 amide bonds. The molecule has 0 aliphatic rings. The fraction of sp³-hybridized carbons (Fsp3) is 0.273. The van der Waals surface area contributed by atoms with E-state index in [4.69, 9.17) is 10.1 Å². The molecule has 4 heteroatoms. The van der Waals surface area contributed by atoms with Gasteiger partial charge < -0.3 is 10.1 Å². The molecule has 80 valence electrons. The maximum absolute atomic E-state index is 11.0. The summed E-state index contributed by atoms with van der Waals surface area (Å²) in [5, 5.41) is 10.3. The highest BCUT2D eigenvalue weighted by Gasteiger charge is 2.06. The Morgan fingerprint density at radius 3 is 2.67 bits per heavy atom. The summed E-state index contributed by atoms with van der Waals surface area (Å²) >= 11 is 0. The van der Waals surface area contributed by atoms with Gasteiger partial charge in [0, 0.05) is 5.69 Å². The van der Waals surface area contributed by atoms with Crippen molar-refractivity contribution in [1.29, 1.82) is 5.41 Å². The van der Waals surface area contributed by atoms with Crippen LogP contribution in [-0.2, 0) is 9.53 Å². The van der Waals surface area contributed by atoms with Crippen LogP contribution in [0.5, 0.6) is 0 Å². The maximum Gasteiger partial charge on any atom is 0.313 e. The van der Waals surface area contributed by atoms with Crippen LogP contribution in [0.1, 0.15) is 13.3 Å². The third kappa shape index (κ3) is 4.26. The van der Waals surface area contributed by atoms with E-state index >= 15 is 0 Å². The molecule has 0 spiro atoms. The van der Waals surface area contributed by atoms with Crippen LogP contribution in [0.15, 0.2) is 30.3 Å².